The van der Waals surface area contributed by atoms with Crippen molar-refractivity contribution >= 4 is 23.2 Å². The van der Waals surface area contributed by atoms with Crippen LogP contribution in [0.4, 0.5) is 0 Å². The molecule has 5 heteroatoms. The fourth-order valence-corrected chi connectivity index (χ4v) is 3.14. The Kier molecular flexibility index (Phi) is 3.81. The van der Waals surface area contributed by atoms with Crippen LogP contribution in [0.25, 0.3) is 0 Å². The zero-order valence-corrected chi connectivity index (χ0v) is 12.4. The molecule has 104 valence electrons. The topological polar surface area (TPSA) is 45.8 Å². The molecular weight excluding hydrogens is 295 g/mol. The number of benzene rings is 1. The monoisotopic (exact) mass is 308 g/mol. The Balaban J connectivity index is 2.00. The first-order chi connectivity index (χ1) is 9.65. The van der Waals surface area contributed by atoms with Crippen LogP contribution >= 0.6 is 23.2 Å². The Morgan fingerprint density at radius 1 is 1.15 bits per heavy atom. The third kappa shape index (κ3) is 2.60. The Bertz CT molecular complexity index is 689. The summed E-state index contributed by atoms with van der Waals surface area (Å²) in [7, 11) is 0. The van der Waals surface area contributed by atoms with Crippen LogP contribution in [-0.2, 0) is 19.3 Å². The van der Waals surface area contributed by atoms with Crippen LogP contribution in [0.3, 0.4) is 0 Å². The molecule has 20 heavy (non-hydrogen) atoms. The Hall–Kier alpha value is -1.32. The number of hydrogen-bond donors (Lipinski definition) is 1. The average Bonchev–Trinajstić information content (AvgIpc) is 2.43. The molecule has 1 aliphatic carbocycles. The zero-order chi connectivity index (χ0) is 14.1. The first kappa shape index (κ1) is 13.7. The van der Waals surface area contributed by atoms with Crippen molar-refractivity contribution in [2.45, 2.75) is 32.1 Å². The van der Waals surface area contributed by atoms with Crippen LogP contribution < -0.4 is 5.56 Å². The minimum absolute atomic E-state index is 0.0205. The number of fused-ring (bicyclic) bond motifs is 1. The van der Waals surface area contributed by atoms with Crippen molar-refractivity contribution < 1.29 is 0 Å². The lowest BCUT2D eigenvalue weighted by Crippen LogP contribution is -2.23. The van der Waals surface area contributed by atoms with Crippen molar-refractivity contribution in [3.63, 3.8) is 0 Å². The molecule has 1 aromatic heterocycles. The van der Waals surface area contributed by atoms with E-state index in [9.17, 15) is 4.79 Å². The van der Waals surface area contributed by atoms with Crippen molar-refractivity contribution in [3.8, 4) is 0 Å². The third-order valence-electron chi connectivity index (χ3n) is 3.65. The van der Waals surface area contributed by atoms with E-state index >= 15 is 0 Å². The van der Waals surface area contributed by atoms with Crippen LogP contribution in [0.15, 0.2) is 23.0 Å². The van der Waals surface area contributed by atoms with Crippen molar-refractivity contribution in [1.82, 2.24) is 9.97 Å². The number of nitrogens with zero attached hydrogens (tertiary/aromatic N) is 1. The van der Waals surface area contributed by atoms with Gasteiger partial charge in [0.25, 0.3) is 5.56 Å². The van der Waals surface area contributed by atoms with E-state index in [1.165, 1.54) is 0 Å². The minimum Gasteiger partial charge on any atom is -0.310 e. The summed E-state index contributed by atoms with van der Waals surface area (Å²) in [5.41, 5.74) is 2.55. The van der Waals surface area contributed by atoms with Crippen LogP contribution in [0, 0.1) is 0 Å². The quantitative estimate of drug-likeness (QED) is 0.922. The van der Waals surface area contributed by atoms with Gasteiger partial charge >= 0.3 is 0 Å². The third-order valence-corrected chi connectivity index (χ3v) is 4.35. The second kappa shape index (κ2) is 5.58. The van der Waals surface area contributed by atoms with Gasteiger partial charge in [-0.25, -0.2) is 4.98 Å². The molecule has 3 rings (SSSR count). The maximum Gasteiger partial charge on any atom is 0.254 e. The normalized spacial score (nSPS) is 14.1. The Morgan fingerprint density at radius 3 is 2.60 bits per heavy atom. The van der Waals surface area contributed by atoms with Crippen LogP contribution in [0.1, 0.15) is 35.5 Å². The lowest BCUT2D eigenvalue weighted by atomic mass is 9.97. The summed E-state index contributed by atoms with van der Waals surface area (Å²) in [5, 5.41) is 1.19. The molecule has 0 radical (unpaired) electrons. The predicted molar refractivity (Wildman–Crippen MR) is 80.8 cm³/mol. The summed E-state index contributed by atoms with van der Waals surface area (Å²) in [6, 6.07) is 5.38. The number of halogens is 2. The fraction of sp³-hybridized carbons (Fsp3) is 0.333. The first-order valence-corrected chi connectivity index (χ1v) is 7.44. The highest BCUT2D eigenvalue weighted by atomic mass is 35.5. The Labute approximate surface area is 127 Å². The SMILES string of the molecule is O=c1[nH]c(Cc2c(Cl)cccc2Cl)nc2c1CCCC2. The molecule has 0 aliphatic heterocycles. The number of aromatic amines is 1. The molecule has 0 saturated heterocycles. The van der Waals surface area contributed by atoms with Gasteiger partial charge in [-0.1, -0.05) is 29.3 Å². The highest BCUT2D eigenvalue weighted by Gasteiger charge is 2.16. The molecule has 0 bridgehead atoms. The van der Waals surface area contributed by atoms with E-state index in [0.717, 1.165) is 42.5 Å². The summed E-state index contributed by atoms with van der Waals surface area (Å²) >= 11 is 12.3. The molecule has 3 nitrogen and oxygen atoms in total. The van der Waals surface area contributed by atoms with Crippen LogP contribution in [0.2, 0.25) is 10.0 Å². The second-order valence-corrected chi connectivity index (χ2v) is 5.84. The van der Waals surface area contributed by atoms with Crippen molar-refractivity contribution in [1.29, 1.82) is 0 Å². The number of nitrogens with one attached hydrogen (secondary N) is 1. The maximum absolute atomic E-state index is 12.1. The van der Waals surface area contributed by atoms with Gasteiger partial charge in [0.15, 0.2) is 0 Å². The Morgan fingerprint density at radius 2 is 1.85 bits per heavy atom. The van der Waals surface area contributed by atoms with Gasteiger partial charge in [-0.15, -0.1) is 0 Å². The standard InChI is InChI=1S/C15H14Cl2N2O/c16-11-5-3-6-12(17)10(11)8-14-18-13-7-2-1-4-9(13)15(20)19-14/h3,5-6H,1-2,4,7-8H2,(H,18,19,20). The van der Waals surface area contributed by atoms with Crippen LogP contribution in [-0.4, -0.2) is 9.97 Å². The zero-order valence-electron chi connectivity index (χ0n) is 10.9. The number of aryl methyl sites for hydroxylation is 1. The summed E-state index contributed by atoms with van der Waals surface area (Å²) in [5.74, 6) is 0.630. The fourth-order valence-electron chi connectivity index (χ4n) is 2.61. The molecule has 1 heterocycles. The number of aromatic nitrogens is 2. The van der Waals surface area contributed by atoms with Gasteiger partial charge in [0, 0.05) is 22.0 Å². The van der Waals surface area contributed by atoms with Gasteiger partial charge in [0.05, 0.1) is 5.69 Å². The molecule has 2 aromatic rings. The molecule has 1 aliphatic rings. The summed E-state index contributed by atoms with van der Waals surface area (Å²) in [4.78, 5) is 19.5. The smallest absolute Gasteiger partial charge is 0.254 e. The van der Waals surface area contributed by atoms with E-state index in [-0.39, 0.29) is 5.56 Å². The molecule has 1 N–H and O–H groups in total. The maximum atomic E-state index is 12.1. The first-order valence-electron chi connectivity index (χ1n) is 6.69. The lowest BCUT2D eigenvalue weighted by Gasteiger charge is -2.15. The number of H-pyrrole nitrogens is 1. The van der Waals surface area contributed by atoms with Crippen molar-refractivity contribution in [3.05, 3.63) is 61.2 Å². The number of rotatable bonds is 2. The molecule has 1 aromatic carbocycles. The van der Waals surface area contributed by atoms with Crippen molar-refractivity contribution in [2.24, 2.45) is 0 Å². The van der Waals surface area contributed by atoms with Gasteiger partial charge in [-0.05, 0) is 43.4 Å². The van der Waals surface area contributed by atoms with Gasteiger partial charge in [0.2, 0.25) is 0 Å². The summed E-state index contributed by atoms with van der Waals surface area (Å²) in [6.07, 6.45) is 4.30. The average molecular weight is 309 g/mol. The highest BCUT2D eigenvalue weighted by Crippen LogP contribution is 2.26. The molecule has 0 fully saturated rings. The molecule has 0 saturated carbocycles. The second-order valence-electron chi connectivity index (χ2n) is 5.02. The molecule has 0 unspecified atom stereocenters. The molecular formula is C15H14Cl2N2O. The van der Waals surface area contributed by atoms with Crippen molar-refractivity contribution in [2.75, 3.05) is 0 Å². The summed E-state index contributed by atoms with van der Waals surface area (Å²) < 4.78 is 0. The molecule has 0 amide bonds. The van der Waals surface area contributed by atoms with Gasteiger partial charge in [-0.3, -0.25) is 4.79 Å². The van der Waals surface area contributed by atoms with E-state index in [2.05, 4.69) is 9.97 Å². The molecule has 0 spiro atoms. The van der Waals surface area contributed by atoms with Crippen LogP contribution in [0.5, 0.6) is 0 Å². The van der Waals surface area contributed by atoms with Gasteiger partial charge in [0.1, 0.15) is 5.82 Å². The van der Waals surface area contributed by atoms with Gasteiger partial charge < -0.3 is 4.98 Å². The molecule has 0 atom stereocenters. The minimum atomic E-state index is -0.0205. The summed E-state index contributed by atoms with van der Waals surface area (Å²) in [6.45, 7) is 0. The van der Waals surface area contributed by atoms with E-state index in [1.807, 2.05) is 0 Å². The van der Waals surface area contributed by atoms with Gasteiger partial charge in [-0.2, -0.15) is 0 Å². The highest BCUT2D eigenvalue weighted by molar-refractivity contribution is 6.36. The van der Waals surface area contributed by atoms with E-state index < -0.39 is 0 Å². The van der Waals surface area contributed by atoms with E-state index in [4.69, 9.17) is 23.2 Å². The predicted octanol–water partition coefficient (Wildman–Crippen LogP) is 3.55. The number of hydrogen-bond acceptors (Lipinski definition) is 2. The van der Waals surface area contributed by atoms with E-state index in [0.29, 0.717) is 22.3 Å². The van der Waals surface area contributed by atoms with E-state index in [1.54, 1.807) is 18.2 Å². The lowest BCUT2D eigenvalue weighted by molar-refractivity contribution is 0.648. The largest absolute Gasteiger partial charge is 0.310 e.